The van der Waals surface area contributed by atoms with Crippen LogP contribution in [0.5, 0.6) is 0 Å². The summed E-state index contributed by atoms with van der Waals surface area (Å²) in [6.07, 6.45) is 5.06. The van der Waals surface area contributed by atoms with Crippen molar-refractivity contribution < 1.29 is 0 Å². The second kappa shape index (κ2) is 4.63. The van der Waals surface area contributed by atoms with Gasteiger partial charge in [-0.25, -0.2) is 9.97 Å². The van der Waals surface area contributed by atoms with Crippen LogP contribution in [0.1, 0.15) is 33.9 Å². The van der Waals surface area contributed by atoms with Crippen LogP contribution in [0, 0.1) is 20.8 Å². The topological polar surface area (TPSA) is 51.8 Å². The number of nitrogens with two attached hydrogens (primary N) is 1. The molecule has 3 heteroatoms. The SMILES string of the molecule is Cc1cc(C)c(C(N)c2cncnc2)cc1C. The molecule has 88 valence electrons. The molecule has 0 radical (unpaired) electrons. The molecule has 0 aliphatic heterocycles. The first kappa shape index (κ1) is 11.7. The van der Waals surface area contributed by atoms with Gasteiger partial charge in [0, 0.05) is 18.0 Å². The van der Waals surface area contributed by atoms with Crippen molar-refractivity contribution >= 4 is 0 Å². The van der Waals surface area contributed by atoms with E-state index in [1.54, 1.807) is 12.4 Å². The fraction of sp³-hybridized carbons (Fsp3) is 0.286. The minimum atomic E-state index is -0.157. The van der Waals surface area contributed by atoms with Gasteiger partial charge in [0.05, 0.1) is 6.04 Å². The van der Waals surface area contributed by atoms with Crippen molar-refractivity contribution in [1.29, 1.82) is 0 Å². The second-order valence-electron chi connectivity index (χ2n) is 4.44. The van der Waals surface area contributed by atoms with E-state index in [9.17, 15) is 0 Å². The standard InChI is InChI=1S/C14H17N3/c1-9-4-11(3)13(5-10(9)2)14(15)12-6-16-8-17-7-12/h4-8,14H,15H2,1-3H3. The molecule has 1 unspecified atom stereocenters. The highest BCUT2D eigenvalue weighted by Gasteiger charge is 2.12. The third kappa shape index (κ3) is 2.34. The van der Waals surface area contributed by atoms with Crippen LogP contribution in [0.3, 0.4) is 0 Å². The van der Waals surface area contributed by atoms with Gasteiger partial charge in [-0.1, -0.05) is 12.1 Å². The molecule has 1 aromatic carbocycles. The van der Waals surface area contributed by atoms with Gasteiger partial charge in [-0.05, 0) is 43.0 Å². The number of hydrogen-bond acceptors (Lipinski definition) is 3. The van der Waals surface area contributed by atoms with E-state index in [2.05, 4.69) is 42.9 Å². The highest BCUT2D eigenvalue weighted by molar-refractivity contribution is 5.41. The van der Waals surface area contributed by atoms with Crippen molar-refractivity contribution in [3.63, 3.8) is 0 Å². The Morgan fingerprint density at radius 1 is 0.941 bits per heavy atom. The molecule has 0 aliphatic rings. The smallest absolute Gasteiger partial charge is 0.115 e. The average Bonchev–Trinajstić information content (AvgIpc) is 2.34. The van der Waals surface area contributed by atoms with E-state index in [0.29, 0.717) is 0 Å². The average molecular weight is 227 g/mol. The van der Waals surface area contributed by atoms with E-state index < -0.39 is 0 Å². The zero-order valence-corrected chi connectivity index (χ0v) is 10.4. The number of hydrogen-bond donors (Lipinski definition) is 1. The summed E-state index contributed by atoms with van der Waals surface area (Å²) in [6, 6.07) is 4.17. The van der Waals surface area contributed by atoms with E-state index in [0.717, 1.165) is 11.1 Å². The minimum Gasteiger partial charge on any atom is -0.320 e. The molecule has 0 aliphatic carbocycles. The van der Waals surface area contributed by atoms with Gasteiger partial charge in [-0.2, -0.15) is 0 Å². The van der Waals surface area contributed by atoms with Gasteiger partial charge < -0.3 is 5.73 Å². The molecule has 1 aromatic heterocycles. The number of benzene rings is 1. The fourth-order valence-corrected chi connectivity index (χ4v) is 1.97. The summed E-state index contributed by atoms with van der Waals surface area (Å²) in [4.78, 5) is 8.02. The van der Waals surface area contributed by atoms with E-state index in [4.69, 9.17) is 5.73 Å². The molecule has 2 rings (SSSR count). The minimum absolute atomic E-state index is 0.157. The Balaban J connectivity index is 2.44. The molecule has 0 amide bonds. The van der Waals surface area contributed by atoms with Crippen LogP contribution in [-0.2, 0) is 0 Å². The molecule has 0 saturated heterocycles. The van der Waals surface area contributed by atoms with Crippen molar-refractivity contribution in [2.24, 2.45) is 5.73 Å². The lowest BCUT2D eigenvalue weighted by atomic mass is 9.93. The lowest BCUT2D eigenvalue weighted by molar-refractivity contribution is 0.839. The monoisotopic (exact) mass is 227 g/mol. The van der Waals surface area contributed by atoms with Crippen molar-refractivity contribution in [3.8, 4) is 0 Å². The Kier molecular flexibility index (Phi) is 3.20. The maximum atomic E-state index is 6.26. The lowest BCUT2D eigenvalue weighted by Gasteiger charge is -2.16. The Bertz CT molecular complexity index is 520. The van der Waals surface area contributed by atoms with Crippen molar-refractivity contribution in [2.45, 2.75) is 26.8 Å². The van der Waals surface area contributed by atoms with Gasteiger partial charge in [0.1, 0.15) is 6.33 Å². The molecule has 2 aromatic rings. The summed E-state index contributed by atoms with van der Waals surface area (Å²) in [5.74, 6) is 0. The summed E-state index contributed by atoms with van der Waals surface area (Å²) in [5.41, 5.74) is 12.1. The summed E-state index contributed by atoms with van der Waals surface area (Å²) < 4.78 is 0. The highest BCUT2D eigenvalue weighted by Crippen LogP contribution is 2.24. The zero-order chi connectivity index (χ0) is 12.4. The number of rotatable bonds is 2. The van der Waals surface area contributed by atoms with E-state index in [-0.39, 0.29) is 6.04 Å². The van der Waals surface area contributed by atoms with Crippen LogP contribution in [0.15, 0.2) is 30.9 Å². The molecule has 0 spiro atoms. The van der Waals surface area contributed by atoms with E-state index in [1.807, 2.05) is 0 Å². The first-order valence-electron chi connectivity index (χ1n) is 5.68. The number of nitrogens with zero attached hydrogens (tertiary/aromatic N) is 2. The highest BCUT2D eigenvalue weighted by atomic mass is 14.8. The molecule has 17 heavy (non-hydrogen) atoms. The first-order valence-corrected chi connectivity index (χ1v) is 5.68. The van der Waals surface area contributed by atoms with E-state index >= 15 is 0 Å². The molecular formula is C14H17N3. The van der Waals surface area contributed by atoms with Gasteiger partial charge in [0.25, 0.3) is 0 Å². The lowest BCUT2D eigenvalue weighted by Crippen LogP contribution is -2.14. The Hall–Kier alpha value is -1.74. The Morgan fingerprint density at radius 2 is 1.53 bits per heavy atom. The third-order valence-electron chi connectivity index (χ3n) is 3.16. The Labute approximate surface area is 102 Å². The molecular weight excluding hydrogens is 210 g/mol. The largest absolute Gasteiger partial charge is 0.320 e. The molecule has 2 N–H and O–H groups in total. The normalized spacial score (nSPS) is 12.5. The van der Waals surface area contributed by atoms with Crippen LogP contribution in [0.2, 0.25) is 0 Å². The third-order valence-corrected chi connectivity index (χ3v) is 3.16. The van der Waals surface area contributed by atoms with Crippen LogP contribution >= 0.6 is 0 Å². The summed E-state index contributed by atoms with van der Waals surface area (Å²) in [6.45, 7) is 6.31. The van der Waals surface area contributed by atoms with Crippen molar-refractivity contribution in [1.82, 2.24) is 9.97 Å². The van der Waals surface area contributed by atoms with Gasteiger partial charge in [-0.3, -0.25) is 0 Å². The molecule has 1 heterocycles. The predicted molar refractivity (Wildman–Crippen MR) is 68.7 cm³/mol. The number of aryl methyl sites for hydroxylation is 3. The van der Waals surface area contributed by atoms with Crippen LogP contribution < -0.4 is 5.73 Å². The van der Waals surface area contributed by atoms with Crippen molar-refractivity contribution in [2.75, 3.05) is 0 Å². The van der Waals surface area contributed by atoms with Gasteiger partial charge >= 0.3 is 0 Å². The Morgan fingerprint density at radius 3 is 2.18 bits per heavy atom. The van der Waals surface area contributed by atoms with Crippen LogP contribution in [0.4, 0.5) is 0 Å². The molecule has 1 atom stereocenters. The van der Waals surface area contributed by atoms with E-state index in [1.165, 1.54) is 23.0 Å². The maximum absolute atomic E-state index is 6.26. The number of aromatic nitrogens is 2. The zero-order valence-electron chi connectivity index (χ0n) is 10.4. The van der Waals surface area contributed by atoms with Crippen LogP contribution in [0.25, 0.3) is 0 Å². The van der Waals surface area contributed by atoms with Gasteiger partial charge in [0.2, 0.25) is 0 Å². The van der Waals surface area contributed by atoms with Gasteiger partial charge in [0.15, 0.2) is 0 Å². The molecule has 3 nitrogen and oxygen atoms in total. The molecule has 0 fully saturated rings. The summed E-state index contributed by atoms with van der Waals surface area (Å²) in [5, 5.41) is 0. The molecule has 0 bridgehead atoms. The molecule has 0 saturated carbocycles. The maximum Gasteiger partial charge on any atom is 0.115 e. The summed E-state index contributed by atoms with van der Waals surface area (Å²) in [7, 11) is 0. The first-order chi connectivity index (χ1) is 8.09. The predicted octanol–water partition coefficient (Wildman–Crippen LogP) is 2.45. The fourth-order valence-electron chi connectivity index (χ4n) is 1.97. The van der Waals surface area contributed by atoms with Crippen LogP contribution in [-0.4, -0.2) is 9.97 Å². The summed E-state index contributed by atoms with van der Waals surface area (Å²) >= 11 is 0. The second-order valence-corrected chi connectivity index (χ2v) is 4.44. The quantitative estimate of drug-likeness (QED) is 0.857. The van der Waals surface area contributed by atoms with Gasteiger partial charge in [-0.15, -0.1) is 0 Å². The van der Waals surface area contributed by atoms with Crippen molar-refractivity contribution in [3.05, 3.63) is 58.7 Å².